The van der Waals surface area contributed by atoms with Crippen molar-refractivity contribution < 1.29 is 4.74 Å². The number of rotatable bonds is 6. The summed E-state index contributed by atoms with van der Waals surface area (Å²) in [6, 6.07) is 12.0. The first kappa shape index (κ1) is 17.5. The van der Waals surface area contributed by atoms with Crippen molar-refractivity contribution in [2.75, 3.05) is 38.2 Å². The fourth-order valence-corrected chi connectivity index (χ4v) is 3.20. The first-order valence-electron chi connectivity index (χ1n) is 9.10. The third kappa shape index (κ3) is 4.45. The van der Waals surface area contributed by atoms with Crippen LogP contribution in [-0.2, 0) is 4.74 Å². The molecule has 3 aromatic rings. The standard InChI is InChI=1S/C20H22N6O/c1-2-7-22-18(3-1)19(26-11-13-27-14-12-26)15-24-20-23-10-6-17(25-20)16-4-8-21-9-5-16/h1-10,19H,11-15H2,(H,23,24,25)/t19-/m1/s1. The summed E-state index contributed by atoms with van der Waals surface area (Å²) in [7, 11) is 0. The van der Waals surface area contributed by atoms with E-state index in [9.17, 15) is 0 Å². The van der Waals surface area contributed by atoms with Crippen LogP contribution in [0.1, 0.15) is 11.7 Å². The maximum atomic E-state index is 5.50. The van der Waals surface area contributed by atoms with Gasteiger partial charge in [-0.2, -0.15) is 0 Å². The van der Waals surface area contributed by atoms with Gasteiger partial charge in [-0.05, 0) is 30.3 Å². The number of hydrogen-bond donors (Lipinski definition) is 1. The van der Waals surface area contributed by atoms with Gasteiger partial charge < -0.3 is 10.1 Å². The monoisotopic (exact) mass is 362 g/mol. The van der Waals surface area contributed by atoms with E-state index in [1.807, 2.05) is 36.5 Å². The van der Waals surface area contributed by atoms with Gasteiger partial charge in [0.25, 0.3) is 0 Å². The minimum atomic E-state index is 0.142. The normalized spacial score (nSPS) is 16.0. The van der Waals surface area contributed by atoms with E-state index in [4.69, 9.17) is 4.74 Å². The van der Waals surface area contributed by atoms with Gasteiger partial charge in [0.2, 0.25) is 5.95 Å². The van der Waals surface area contributed by atoms with E-state index in [1.165, 1.54) is 0 Å². The summed E-state index contributed by atoms with van der Waals surface area (Å²) < 4.78 is 5.50. The fraction of sp³-hybridized carbons (Fsp3) is 0.300. The largest absolute Gasteiger partial charge is 0.379 e. The van der Waals surface area contributed by atoms with E-state index in [2.05, 4.69) is 36.2 Å². The number of ether oxygens (including phenoxy) is 1. The fourth-order valence-electron chi connectivity index (χ4n) is 3.20. The molecule has 4 rings (SSSR count). The smallest absolute Gasteiger partial charge is 0.223 e. The summed E-state index contributed by atoms with van der Waals surface area (Å²) in [5.41, 5.74) is 2.93. The van der Waals surface area contributed by atoms with Crippen LogP contribution in [0.15, 0.2) is 61.2 Å². The average Bonchev–Trinajstić information content (AvgIpc) is 2.76. The van der Waals surface area contributed by atoms with Crippen LogP contribution >= 0.6 is 0 Å². The van der Waals surface area contributed by atoms with Crippen molar-refractivity contribution in [1.29, 1.82) is 0 Å². The minimum absolute atomic E-state index is 0.142. The Balaban J connectivity index is 1.51. The van der Waals surface area contributed by atoms with E-state index < -0.39 is 0 Å². The lowest BCUT2D eigenvalue weighted by Crippen LogP contribution is -2.42. The number of nitrogens with zero attached hydrogens (tertiary/aromatic N) is 5. The molecule has 1 aliphatic heterocycles. The molecule has 7 nitrogen and oxygen atoms in total. The molecular weight excluding hydrogens is 340 g/mol. The Bertz CT molecular complexity index is 839. The van der Waals surface area contributed by atoms with Gasteiger partial charge >= 0.3 is 0 Å². The van der Waals surface area contributed by atoms with Gasteiger partial charge in [0, 0.05) is 50.0 Å². The Morgan fingerprint density at radius 3 is 2.59 bits per heavy atom. The molecule has 0 spiro atoms. The molecular formula is C20H22N6O. The number of morpholine rings is 1. The van der Waals surface area contributed by atoms with Crippen LogP contribution in [0.25, 0.3) is 11.3 Å². The predicted molar refractivity (Wildman–Crippen MR) is 103 cm³/mol. The van der Waals surface area contributed by atoms with E-state index in [1.54, 1.807) is 18.6 Å². The van der Waals surface area contributed by atoms with Gasteiger partial charge in [0.15, 0.2) is 0 Å². The average molecular weight is 362 g/mol. The van der Waals surface area contributed by atoms with Crippen LogP contribution in [0.2, 0.25) is 0 Å². The van der Waals surface area contributed by atoms with Gasteiger partial charge in [-0.1, -0.05) is 6.07 Å². The minimum Gasteiger partial charge on any atom is -0.379 e. The van der Waals surface area contributed by atoms with E-state index >= 15 is 0 Å². The molecule has 27 heavy (non-hydrogen) atoms. The molecule has 1 N–H and O–H groups in total. The highest BCUT2D eigenvalue weighted by atomic mass is 16.5. The number of nitrogens with one attached hydrogen (secondary N) is 1. The summed E-state index contributed by atoms with van der Waals surface area (Å²) in [6.45, 7) is 3.95. The second kappa shape index (κ2) is 8.66. The van der Waals surface area contributed by atoms with Gasteiger partial charge in [-0.3, -0.25) is 14.9 Å². The predicted octanol–water partition coefficient (Wildman–Crippen LogP) is 2.42. The van der Waals surface area contributed by atoms with Gasteiger partial charge in [0.1, 0.15) is 0 Å². The molecule has 1 atom stereocenters. The summed E-state index contributed by atoms with van der Waals surface area (Å²) in [6.07, 6.45) is 7.14. The van der Waals surface area contributed by atoms with Crippen molar-refractivity contribution >= 4 is 5.95 Å². The summed E-state index contributed by atoms with van der Waals surface area (Å²) >= 11 is 0. The molecule has 1 fully saturated rings. The van der Waals surface area contributed by atoms with Crippen molar-refractivity contribution in [3.8, 4) is 11.3 Å². The molecule has 0 aliphatic carbocycles. The first-order chi connectivity index (χ1) is 13.4. The maximum absolute atomic E-state index is 5.50. The number of pyridine rings is 2. The zero-order valence-corrected chi connectivity index (χ0v) is 15.0. The molecule has 4 heterocycles. The molecule has 0 amide bonds. The Morgan fingerprint density at radius 2 is 1.81 bits per heavy atom. The summed E-state index contributed by atoms with van der Waals surface area (Å²) in [5.74, 6) is 0.610. The quantitative estimate of drug-likeness (QED) is 0.722. The number of hydrogen-bond acceptors (Lipinski definition) is 7. The maximum Gasteiger partial charge on any atom is 0.223 e. The highest BCUT2D eigenvalue weighted by Gasteiger charge is 2.23. The molecule has 0 saturated carbocycles. The lowest BCUT2D eigenvalue weighted by atomic mass is 10.1. The summed E-state index contributed by atoms with van der Waals surface area (Å²) in [5, 5.41) is 3.39. The molecule has 0 radical (unpaired) electrons. The lowest BCUT2D eigenvalue weighted by Gasteiger charge is -2.34. The Kier molecular flexibility index (Phi) is 5.61. The molecule has 1 aliphatic rings. The van der Waals surface area contributed by atoms with Crippen molar-refractivity contribution in [2.24, 2.45) is 0 Å². The summed E-state index contributed by atoms with van der Waals surface area (Å²) in [4.78, 5) is 20.0. The zero-order chi connectivity index (χ0) is 18.3. The van der Waals surface area contributed by atoms with Crippen molar-refractivity contribution in [2.45, 2.75) is 6.04 Å². The van der Waals surface area contributed by atoms with Crippen LogP contribution in [0, 0.1) is 0 Å². The Labute approximate surface area is 158 Å². The second-order valence-electron chi connectivity index (χ2n) is 6.30. The molecule has 7 heteroatoms. The van der Waals surface area contributed by atoms with Crippen LogP contribution in [-0.4, -0.2) is 57.7 Å². The van der Waals surface area contributed by atoms with Crippen LogP contribution < -0.4 is 5.32 Å². The third-order valence-corrected chi connectivity index (χ3v) is 4.60. The topological polar surface area (TPSA) is 76.1 Å². The molecule has 0 unspecified atom stereocenters. The Morgan fingerprint density at radius 1 is 0.963 bits per heavy atom. The zero-order valence-electron chi connectivity index (χ0n) is 15.0. The Hall–Kier alpha value is -2.90. The molecule has 3 aromatic heterocycles. The molecule has 1 saturated heterocycles. The molecule has 138 valence electrons. The van der Waals surface area contributed by atoms with Crippen LogP contribution in [0.4, 0.5) is 5.95 Å². The highest BCUT2D eigenvalue weighted by molar-refractivity contribution is 5.59. The van der Waals surface area contributed by atoms with E-state index in [0.717, 1.165) is 43.3 Å². The van der Waals surface area contributed by atoms with Crippen molar-refractivity contribution in [3.63, 3.8) is 0 Å². The first-order valence-corrected chi connectivity index (χ1v) is 9.10. The SMILES string of the molecule is c1ccc([C@@H](CNc2nccc(-c3ccncc3)n2)N2CCOCC2)nc1. The van der Waals surface area contributed by atoms with Crippen LogP contribution in [0.3, 0.4) is 0 Å². The van der Waals surface area contributed by atoms with Gasteiger partial charge in [-0.15, -0.1) is 0 Å². The van der Waals surface area contributed by atoms with Crippen molar-refractivity contribution in [3.05, 3.63) is 66.9 Å². The van der Waals surface area contributed by atoms with Crippen molar-refractivity contribution in [1.82, 2.24) is 24.8 Å². The third-order valence-electron chi connectivity index (χ3n) is 4.60. The van der Waals surface area contributed by atoms with Crippen LogP contribution in [0.5, 0.6) is 0 Å². The number of anilines is 1. The van der Waals surface area contributed by atoms with E-state index in [0.29, 0.717) is 12.5 Å². The second-order valence-corrected chi connectivity index (χ2v) is 6.30. The lowest BCUT2D eigenvalue weighted by molar-refractivity contribution is 0.0178. The molecule has 0 aromatic carbocycles. The van der Waals surface area contributed by atoms with E-state index in [-0.39, 0.29) is 6.04 Å². The highest BCUT2D eigenvalue weighted by Crippen LogP contribution is 2.21. The molecule has 0 bridgehead atoms. The van der Waals surface area contributed by atoms with Gasteiger partial charge in [-0.25, -0.2) is 9.97 Å². The van der Waals surface area contributed by atoms with Gasteiger partial charge in [0.05, 0.1) is 30.6 Å². The number of aromatic nitrogens is 4.